The van der Waals surface area contributed by atoms with Crippen molar-refractivity contribution in [1.82, 2.24) is 15.2 Å². The molecule has 0 saturated carbocycles. The molecule has 21 heavy (non-hydrogen) atoms. The first-order valence-corrected chi connectivity index (χ1v) is 7.97. The molecule has 4 aromatic rings. The van der Waals surface area contributed by atoms with Crippen LogP contribution in [0.3, 0.4) is 0 Å². The third-order valence-corrected chi connectivity index (χ3v) is 5.22. The zero-order valence-corrected chi connectivity index (χ0v) is 12.5. The summed E-state index contributed by atoms with van der Waals surface area (Å²) in [5.41, 5.74) is 8.45. The second-order valence-corrected chi connectivity index (χ2v) is 6.85. The molecule has 2 heterocycles. The van der Waals surface area contributed by atoms with E-state index in [9.17, 15) is 0 Å². The second-order valence-electron chi connectivity index (χ2n) is 4.53. The quantitative estimate of drug-likeness (QED) is 0.567. The van der Waals surface area contributed by atoms with Crippen LogP contribution < -0.4 is 5.73 Å². The lowest BCUT2D eigenvalue weighted by molar-refractivity contribution is 1.05. The Labute approximate surface area is 129 Å². The fourth-order valence-electron chi connectivity index (χ4n) is 2.12. The van der Waals surface area contributed by atoms with Crippen molar-refractivity contribution in [3.8, 4) is 0 Å². The molecule has 0 aliphatic heterocycles. The van der Waals surface area contributed by atoms with Crippen LogP contribution >= 0.6 is 23.1 Å². The van der Waals surface area contributed by atoms with Gasteiger partial charge in [0, 0.05) is 16.0 Å². The fourth-order valence-corrected chi connectivity index (χ4v) is 4.29. The normalized spacial score (nSPS) is 11.2. The number of thiazole rings is 1. The molecule has 102 valence electrons. The molecule has 6 heteroatoms. The first-order valence-electron chi connectivity index (χ1n) is 6.34. The molecule has 0 unspecified atom stereocenters. The van der Waals surface area contributed by atoms with Gasteiger partial charge in [-0.25, -0.2) is 4.98 Å². The van der Waals surface area contributed by atoms with Crippen LogP contribution in [0, 0.1) is 0 Å². The lowest BCUT2D eigenvalue weighted by Crippen LogP contribution is -1.85. The average molecular weight is 310 g/mol. The molecule has 0 aliphatic rings. The molecular weight excluding hydrogens is 300 g/mol. The second kappa shape index (κ2) is 4.98. The molecule has 2 aromatic heterocycles. The summed E-state index contributed by atoms with van der Waals surface area (Å²) in [5.74, 6) is 0. The monoisotopic (exact) mass is 310 g/mol. The lowest BCUT2D eigenvalue weighted by Gasteiger charge is -2.01. The Morgan fingerprint density at radius 1 is 1.05 bits per heavy atom. The zero-order valence-electron chi connectivity index (χ0n) is 10.9. The van der Waals surface area contributed by atoms with Crippen molar-refractivity contribution in [2.75, 3.05) is 5.73 Å². The number of fused-ring (bicyclic) bond motifs is 2. The topological polar surface area (TPSA) is 64.7 Å². The highest BCUT2D eigenvalue weighted by Gasteiger charge is 2.09. The van der Waals surface area contributed by atoms with Gasteiger partial charge in [-0.3, -0.25) is 0 Å². The first-order chi connectivity index (χ1) is 10.3. The van der Waals surface area contributed by atoms with Crippen LogP contribution in [0.5, 0.6) is 0 Å². The summed E-state index contributed by atoms with van der Waals surface area (Å²) in [7, 11) is 0. The summed E-state index contributed by atoms with van der Waals surface area (Å²) in [6.07, 6.45) is 1.79. The summed E-state index contributed by atoms with van der Waals surface area (Å²) < 4.78 is 2.08. The smallest absolute Gasteiger partial charge is 0.155 e. The molecule has 0 atom stereocenters. The highest BCUT2D eigenvalue weighted by atomic mass is 32.2. The van der Waals surface area contributed by atoms with Crippen molar-refractivity contribution < 1.29 is 0 Å². The minimum absolute atomic E-state index is 0.763. The predicted octanol–water partition coefficient (Wildman–Crippen LogP) is 3.97. The Kier molecular flexibility index (Phi) is 2.98. The van der Waals surface area contributed by atoms with Gasteiger partial charge in [0.05, 0.1) is 21.9 Å². The molecule has 2 N–H and O–H groups in total. The molecule has 4 nitrogen and oxygen atoms in total. The van der Waals surface area contributed by atoms with E-state index in [2.05, 4.69) is 21.2 Å². The van der Waals surface area contributed by atoms with Gasteiger partial charge in [-0.1, -0.05) is 30.0 Å². The van der Waals surface area contributed by atoms with E-state index in [1.54, 1.807) is 29.3 Å². The fraction of sp³-hybridized carbons (Fsp3) is 0. The SMILES string of the molecule is Nc1ccc2nc(Sc3cnnc4ccccc34)sc2c1. The third-order valence-electron chi connectivity index (χ3n) is 3.10. The van der Waals surface area contributed by atoms with Crippen molar-refractivity contribution in [2.24, 2.45) is 0 Å². The van der Waals surface area contributed by atoms with Crippen molar-refractivity contribution in [1.29, 1.82) is 0 Å². The number of nitrogens with zero attached hydrogens (tertiary/aromatic N) is 3. The van der Waals surface area contributed by atoms with E-state index in [1.165, 1.54) is 0 Å². The summed E-state index contributed by atoms with van der Waals surface area (Å²) in [6, 6.07) is 13.8. The van der Waals surface area contributed by atoms with Crippen LogP contribution in [0.1, 0.15) is 0 Å². The largest absolute Gasteiger partial charge is 0.399 e. The molecule has 4 rings (SSSR count). The van der Waals surface area contributed by atoms with Gasteiger partial charge in [0.15, 0.2) is 4.34 Å². The standard InChI is InChI=1S/C15H10N4S2/c16-9-5-6-12-13(7-9)20-15(18-12)21-14-8-17-19-11-4-2-1-3-10(11)14/h1-8H,16H2. The van der Waals surface area contributed by atoms with Crippen LogP contribution in [0.2, 0.25) is 0 Å². The molecular formula is C15H10N4S2. The van der Waals surface area contributed by atoms with E-state index in [4.69, 9.17) is 5.73 Å². The Hall–Kier alpha value is -2.18. The molecule has 0 aliphatic carbocycles. The summed E-state index contributed by atoms with van der Waals surface area (Å²) >= 11 is 3.25. The van der Waals surface area contributed by atoms with E-state index in [-0.39, 0.29) is 0 Å². The van der Waals surface area contributed by atoms with Gasteiger partial charge >= 0.3 is 0 Å². The van der Waals surface area contributed by atoms with E-state index in [0.29, 0.717) is 0 Å². The van der Waals surface area contributed by atoms with E-state index in [1.807, 2.05) is 36.4 Å². The third kappa shape index (κ3) is 2.32. The van der Waals surface area contributed by atoms with Crippen LogP contribution in [0.15, 0.2) is 57.9 Å². The van der Waals surface area contributed by atoms with Crippen molar-refractivity contribution >= 4 is 49.9 Å². The number of rotatable bonds is 2. The van der Waals surface area contributed by atoms with Crippen molar-refractivity contribution in [3.63, 3.8) is 0 Å². The van der Waals surface area contributed by atoms with Gasteiger partial charge in [0.1, 0.15) is 0 Å². The number of anilines is 1. The Morgan fingerprint density at radius 3 is 2.90 bits per heavy atom. The number of nitrogen functional groups attached to an aromatic ring is 1. The first kappa shape index (κ1) is 12.6. The molecule has 0 bridgehead atoms. The van der Waals surface area contributed by atoms with E-state index < -0.39 is 0 Å². The number of benzene rings is 2. The van der Waals surface area contributed by atoms with Crippen molar-refractivity contribution in [2.45, 2.75) is 9.24 Å². The minimum Gasteiger partial charge on any atom is -0.399 e. The van der Waals surface area contributed by atoms with Gasteiger partial charge in [0.25, 0.3) is 0 Å². The molecule has 0 amide bonds. The maximum atomic E-state index is 5.81. The maximum absolute atomic E-state index is 5.81. The molecule has 0 spiro atoms. The van der Waals surface area contributed by atoms with Crippen LogP contribution in [-0.2, 0) is 0 Å². The van der Waals surface area contributed by atoms with Gasteiger partial charge < -0.3 is 5.73 Å². The summed E-state index contributed by atoms with van der Waals surface area (Å²) in [5, 5.41) is 9.30. The maximum Gasteiger partial charge on any atom is 0.155 e. The molecule has 0 saturated heterocycles. The van der Waals surface area contributed by atoms with E-state index >= 15 is 0 Å². The van der Waals surface area contributed by atoms with Crippen LogP contribution in [0.25, 0.3) is 21.1 Å². The number of nitrogens with two attached hydrogens (primary N) is 1. The predicted molar refractivity (Wildman–Crippen MR) is 87.7 cm³/mol. The van der Waals surface area contributed by atoms with Gasteiger partial charge in [-0.15, -0.1) is 11.3 Å². The Bertz CT molecular complexity index is 943. The van der Waals surface area contributed by atoms with Gasteiger partial charge in [-0.05, 0) is 24.3 Å². The van der Waals surface area contributed by atoms with Crippen molar-refractivity contribution in [3.05, 3.63) is 48.7 Å². The molecule has 2 aromatic carbocycles. The highest BCUT2D eigenvalue weighted by Crippen LogP contribution is 2.37. The van der Waals surface area contributed by atoms with E-state index in [0.717, 1.165) is 36.0 Å². The molecule has 0 fully saturated rings. The minimum atomic E-state index is 0.763. The highest BCUT2D eigenvalue weighted by molar-refractivity contribution is 8.01. The number of aromatic nitrogens is 3. The number of hydrogen-bond acceptors (Lipinski definition) is 6. The molecule has 0 radical (unpaired) electrons. The zero-order chi connectivity index (χ0) is 14.2. The van der Waals surface area contributed by atoms with Crippen LogP contribution in [0.4, 0.5) is 5.69 Å². The summed E-state index contributed by atoms with van der Waals surface area (Å²) in [4.78, 5) is 5.70. The lowest BCUT2D eigenvalue weighted by atomic mass is 10.2. The Balaban J connectivity index is 1.79. The van der Waals surface area contributed by atoms with Crippen LogP contribution in [-0.4, -0.2) is 15.2 Å². The van der Waals surface area contributed by atoms with Gasteiger partial charge in [-0.2, -0.15) is 10.2 Å². The van der Waals surface area contributed by atoms with Gasteiger partial charge in [0.2, 0.25) is 0 Å². The Morgan fingerprint density at radius 2 is 1.95 bits per heavy atom. The average Bonchev–Trinajstić information content (AvgIpc) is 2.89. The number of hydrogen-bond donors (Lipinski definition) is 1. The summed E-state index contributed by atoms with van der Waals surface area (Å²) in [6.45, 7) is 0.